The van der Waals surface area contributed by atoms with Gasteiger partial charge in [-0.15, -0.1) is 0 Å². The SMILES string of the molecule is CC[n+]1c(/C=C2/C(=O)/C(=C/c3ccc4ccccc4n3)C(O)=C2O)ccc2ccccc21. The predicted octanol–water partition coefficient (Wildman–Crippen LogP) is 5.07. The van der Waals surface area contributed by atoms with Gasteiger partial charge in [-0.3, -0.25) is 4.79 Å². The Bertz CT molecular complexity index is 1500. The summed E-state index contributed by atoms with van der Waals surface area (Å²) in [4.78, 5) is 17.7. The molecule has 0 atom stereocenters. The van der Waals surface area contributed by atoms with Gasteiger partial charge in [-0.05, 0) is 37.3 Å². The number of aryl methyl sites for hydroxylation is 1. The van der Waals surface area contributed by atoms with Gasteiger partial charge in [0.05, 0.1) is 22.4 Å². The van der Waals surface area contributed by atoms with Crippen LogP contribution >= 0.6 is 0 Å². The van der Waals surface area contributed by atoms with E-state index in [-0.39, 0.29) is 11.1 Å². The van der Waals surface area contributed by atoms with E-state index in [1.54, 1.807) is 12.1 Å². The Morgan fingerprint density at radius 1 is 0.812 bits per heavy atom. The van der Waals surface area contributed by atoms with Crippen LogP contribution in [0, 0.1) is 0 Å². The Hall–Kier alpha value is -4.25. The minimum atomic E-state index is -0.439. The molecule has 5 nitrogen and oxygen atoms in total. The fourth-order valence-electron chi connectivity index (χ4n) is 4.10. The van der Waals surface area contributed by atoms with E-state index in [1.807, 2.05) is 73.7 Å². The fraction of sp³-hybridized carbons (Fsp3) is 0.0741. The maximum absolute atomic E-state index is 13.1. The quantitative estimate of drug-likeness (QED) is 0.358. The van der Waals surface area contributed by atoms with Gasteiger partial charge in [-0.2, -0.15) is 4.57 Å². The van der Waals surface area contributed by atoms with Gasteiger partial charge < -0.3 is 10.2 Å². The van der Waals surface area contributed by atoms with Crippen LogP contribution in [0.1, 0.15) is 18.3 Å². The summed E-state index contributed by atoms with van der Waals surface area (Å²) in [7, 11) is 0. The van der Waals surface area contributed by atoms with Crippen LogP contribution in [0.3, 0.4) is 0 Å². The Labute approximate surface area is 184 Å². The highest BCUT2D eigenvalue weighted by atomic mass is 16.3. The highest BCUT2D eigenvalue weighted by Crippen LogP contribution is 2.32. The highest BCUT2D eigenvalue weighted by molar-refractivity contribution is 6.21. The molecule has 0 aliphatic heterocycles. The molecule has 2 heterocycles. The van der Waals surface area contributed by atoms with E-state index in [4.69, 9.17) is 0 Å². The number of allylic oxidation sites excluding steroid dienone is 2. The summed E-state index contributed by atoms with van der Waals surface area (Å²) < 4.78 is 2.06. The number of pyridine rings is 2. The van der Waals surface area contributed by atoms with Gasteiger partial charge in [0.25, 0.3) is 0 Å². The average Bonchev–Trinajstić information content (AvgIpc) is 3.02. The summed E-state index contributed by atoms with van der Waals surface area (Å²) in [5.41, 5.74) is 3.20. The second-order valence-corrected chi connectivity index (χ2v) is 7.63. The smallest absolute Gasteiger partial charge is 0.212 e. The van der Waals surface area contributed by atoms with Crippen LogP contribution in [0.2, 0.25) is 0 Å². The van der Waals surface area contributed by atoms with E-state index in [9.17, 15) is 15.0 Å². The summed E-state index contributed by atoms with van der Waals surface area (Å²) in [6.07, 6.45) is 3.13. The van der Waals surface area contributed by atoms with Crippen molar-refractivity contribution in [3.05, 3.63) is 107 Å². The molecule has 0 saturated carbocycles. The van der Waals surface area contributed by atoms with E-state index in [0.717, 1.165) is 27.5 Å². The summed E-state index contributed by atoms with van der Waals surface area (Å²) in [6.45, 7) is 2.71. The topological polar surface area (TPSA) is 74.3 Å². The zero-order chi connectivity index (χ0) is 22.2. The molecule has 0 amide bonds. The molecule has 2 aromatic carbocycles. The Morgan fingerprint density at radius 2 is 1.47 bits per heavy atom. The maximum Gasteiger partial charge on any atom is 0.212 e. The molecule has 5 rings (SSSR count). The lowest BCUT2D eigenvalue weighted by Crippen LogP contribution is -2.36. The van der Waals surface area contributed by atoms with E-state index >= 15 is 0 Å². The molecule has 0 fully saturated rings. The molecule has 156 valence electrons. The lowest BCUT2D eigenvalue weighted by Gasteiger charge is -2.04. The number of Topliss-reactive ketones (excluding diaryl/α,β-unsaturated/α-hetero) is 1. The molecule has 32 heavy (non-hydrogen) atoms. The molecule has 5 heteroatoms. The molecule has 1 aliphatic carbocycles. The lowest BCUT2D eigenvalue weighted by atomic mass is 10.1. The number of rotatable bonds is 3. The number of hydrogen-bond acceptors (Lipinski definition) is 4. The highest BCUT2D eigenvalue weighted by Gasteiger charge is 2.34. The van der Waals surface area contributed by atoms with Crippen LogP contribution in [-0.2, 0) is 11.3 Å². The molecule has 2 N–H and O–H groups in total. The lowest BCUT2D eigenvalue weighted by molar-refractivity contribution is -0.669. The molecule has 0 saturated heterocycles. The number of carbonyl (C=O) groups is 1. The number of hydrogen-bond donors (Lipinski definition) is 2. The molecule has 2 aromatic heterocycles. The van der Waals surface area contributed by atoms with Crippen molar-refractivity contribution in [3.63, 3.8) is 0 Å². The predicted molar refractivity (Wildman–Crippen MR) is 125 cm³/mol. The first-order chi connectivity index (χ1) is 15.6. The molecular formula is C27H21N2O3+. The summed E-state index contributed by atoms with van der Waals surface area (Å²) in [5, 5.41) is 23.1. The third-order valence-corrected chi connectivity index (χ3v) is 5.72. The van der Waals surface area contributed by atoms with Crippen LogP contribution in [0.5, 0.6) is 0 Å². The van der Waals surface area contributed by atoms with Crippen molar-refractivity contribution >= 4 is 39.7 Å². The summed E-state index contributed by atoms with van der Waals surface area (Å²) in [6, 6.07) is 23.2. The summed E-state index contributed by atoms with van der Waals surface area (Å²) in [5.74, 6) is -1.29. The fourth-order valence-corrected chi connectivity index (χ4v) is 4.10. The van der Waals surface area contributed by atoms with Crippen molar-refractivity contribution in [3.8, 4) is 0 Å². The van der Waals surface area contributed by atoms with Crippen LogP contribution < -0.4 is 4.57 Å². The van der Waals surface area contributed by atoms with Crippen molar-refractivity contribution in [1.82, 2.24) is 4.98 Å². The average molecular weight is 421 g/mol. The number of benzene rings is 2. The first-order valence-corrected chi connectivity index (χ1v) is 10.4. The van der Waals surface area contributed by atoms with Crippen molar-refractivity contribution in [1.29, 1.82) is 0 Å². The molecular weight excluding hydrogens is 400 g/mol. The third kappa shape index (κ3) is 3.24. The number of fused-ring (bicyclic) bond motifs is 2. The maximum atomic E-state index is 13.1. The molecule has 0 bridgehead atoms. The zero-order valence-electron chi connectivity index (χ0n) is 17.5. The normalized spacial score (nSPS) is 16.7. The van der Waals surface area contributed by atoms with Crippen LogP contribution in [0.15, 0.2) is 95.5 Å². The van der Waals surface area contributed by atoms with Gasteiger partial charge in [0, 0.05) is 29.0 Å². The van der Waals surface area contributed by atoms with Crippen LogP contribution in [-0.4, -0.2) is 21.0 Å². The zero-order valence-corrected chi connectivity index (χ0v) is 17.5. The van der Waals surface area contributed by atoms with E-state index in [1.165, 1.54) is 6.08 Å². The van der Waals surface area contributed by atoms with Crippen molar-refractivity contribution in [2.45, 2.75) is 13.5 Å². The van der Waals surface area contributed by atoms with Crippen LogP contribution in [0.25, 0.3) is 34.0 Å². The monoisotopic (exact) mass is 421 g/mol. The first-order valence-electron chi connectivity index (χ1n) is 10.4. The number of ketones is 1. The molecule has 1 aliphatic rings. The van der Waals surface area contributed by atoms with Crippen LogP contribution in [0.4, 0.5) is 0 Å². The molecule has 0 unspecified atom stereocenters. The van der Waals surface area contributed by atoms with Gasteiger partial charge in [0.2, 0.25) is 17.0 Å². The van der Waals surface area contributed by atoms with Gasteiger partial charge in [-0.25, -0.2) is 4.98 Å². The van der Waals surface area contributed by atoms with Crippen molar-refractivity contribution in [2.75, 3.05) is 0 Å². The van der Waals surface area contributed by atoms with Gasteiger partial charge >= 0.3 is 0 Å². The van der Waals surface area contributed by atoms with Gasteiger partial charge in [-0.1, -0.05) is 36.4 Å². The van der Waals surface area contributed by atoms with Gasteiger partial charge in [0.1, 0.15) is 6.54 Å². The first kappa shape index (κ1) is 19.7. The number of aliphatic hydroxyl groups is 2. The number of carbonyl (C=O) groups excluding carboxylic acids is 1. The van der Waals surface area contributed by atoms with E-state index in [2.05, 4.69) is 9.55 Å². The molecule has 4 aromatic rings. The molecule has 0 spiro atoms. The summed E-state index contributed by atoms with van der Waals surface area (Å²) >= 11 is 0. The number of aliphatic hydroxyl groups excluding tert-OH is 2. The minimum Gasteiger partial charge on any atom is -0.504 e. The third-order valence-electron chi connectivity index (χ3n) is 5.72. The Kier molecular flexibility index (Phi) is 4.79. The second kappa shape index (κ2) is 7.78. The standard InChI is InChI=1S/C27H20N2O3/c1-2-29-20(14-12-18-8-4-6-10-24(18)29)16-22-25(30)21(26(31)27(22)32)15-19-13-11-17-7-3-5-9-23(17)28-19/h3-16H,2H2,1H3,(H,30,32)/p+1/b21-15-. The van der Waals surface area contributed by atoms with Crippen molar-refractivity contribution < 1.29 is 19.6 Å². The van der Waals surface area contributed by atoms with Gasteiger partial charge in [0.15, 0.2) is 11.5 Å². The number of nitrogens with zero attached hydrogens (tertiary/aromatic N) is 2. The number of para-hydroxylation sites is 2. The largest absolute Gasteiger partial charge is 0.504 e. The van der Waals surface area contributed by atoms with Crippen molar-refractivity contribution in [2.24, 2.45) is 0 Å². The Balaban J connectivity index is 1.59. The van der Waals surface area contributed by atoms with E-state index < -0.39 is 17.3 Å². The second-order valence-electron chi connectivity index (χ2n) is 7.63. The number of aromatic nitrogens is 2. The minimum absolute atomic E-state index is 0.0281. The van der Waals surface area contributed by atoms with E-state index in [0.29, 0.717) is 12.2 Å². The Morgan fingerprint density at radius 3 is 2.25 bits per heavy atom. The molecule has 0 radical (unpaired) electrons.